The van der Waals surface area contributed by atoms with E-state index in [0.717, 1.165) is 16.1 Å². The van der Waals surface area contributed by atoms with E-state index in [1.807, 2.05) is 24.3 Å². The van der Waals surface area contributed by atoms with Crippen LogP contribution >= 0.6 is 15.9 Å². The second kappa shape index (κ2) is 7.04. The van der Waals surface area contributed by atoms with Gasteiger partial charge in [-0.3, -0.25) is 0 Å². The predicted molar refractivity (Wildman–Crippen MR) is 81.5 cm³/mol. The van der Waals surface area contributed by atoms with Crippen LogP contribution in [0.2, 0.25) is 0 Å². The van der Waals surface area contributed by atoms with Crippen LogP contribution in [-0.4, -0.2) is 11.1 Å². The van der Waals surface area contributed by atoms with Gasteiger partial charge in [-0.2, -0.15) is 0 Å². The topological polar surface area (TPSA) is 46.5 Å². The molecule has 5 heteroatoms. The predicted octanol–water partition coefficient (Wildman–Crippen LogP) is 4.27. The summed E-state index contributed by atoms with van der Waals surface area (Å²) in [6.45, 7) is 0.312. The Labute approximate surface area is 129 Å². The first kappa shape index (κ1) is 15.3. The molecule has 0 aliphatic heterocycles. The first-order valence-electron chi connectivity index (χ1n) is 6.12. The van der Waals surface area contributed by atoms with Crippen LogP contribution in [0.25, 0.3) is 6.08 Å². The van der Waals surface area contributed by atoms with Gasteiger partial charge in [0.1, 0.15) is 18.2 Å². The van der Waals surface area contributed by atoms with E-state index in [1.165, 1.54) is 24.3 Å². The smallest absolute Gasteiger partial charge is 0.328 e. The minimum absolute atomic E-state index is 0.312. The molecule has 1 N–H and O–H groups in total. The molecule has 2 aromatic rings. The average molecular weight is 351 g/mol. The standard InChI is InChI=1S/C16H12BrFO3/c17-13-4-1-11(2-5-13)10-21-15-7-6-14(18)9-12(15)3-8-16(19)20/h1-9H,10H2,(H,19,20)/b8-3+. The quantitative estimate of drug-likeness (QED) is 0.819. The minimum atomic E-state index is -1.10. The Morgan fingerprint density at radius 3 is 2.62 bits per heavy atom. The van der Waals surface area contributed by atoms with Gasteiger partial charge in [0.15, 0.2) is 0 Å². The largest absolute Gasteiger partial charge is 0.488 e. The van der Waals surface area contributed by atoms with Gasteiger partial charge in [0, 0.05) is 16.1 Å². The number of hydrogen-bond acceptors (Lipinski definition) is 2. The highest BCUT2D eigenvalue weighted by Crippen LogP contribution is 2.22. The van der Waals surface area contributed by atoms with E-state index in [9.17, 15) is 9.18 Å². The van der Waals surface area contributed by atoms with Gasteiger partial charge in [0.2, 0.25) is 0 Å². The molecule has 0 saturated carbocycles. The van der Waals surface area contributed by atoms with Crippen LogP contribution in [0.3, 0.4) is 0 Å². The van der Waals surface area contributed by atoms with Crippen molar-refractivity contribution < 1.29 is 19.0 Å². The minimum Gasteiger partial charge on any atom is -0.488 e. The van der Waals surface area contributed by atoms with Crippen molar-refractivity contribution in [3.8, 4) is 5.75 Å². The van der Waals surface area contributed by atoms with Gasteiger partial charge in [-0.05, 0) is 42.0 Å². The molecule has 0 aliphatic rings. The number of carboxylic acids is 1. The van der Waals surface area contributed by atoms with Crippen LogP contribution in [0.15, 0.2) is 53.0 Å². The van der Waals surface area contributed by atoms with E-state index in [4.69, 9.17) is 9.84 Å². The van der Waals surface area contributed by atoms with Crippen molar-refractivity contribution in [2.75, 3.05) is 0 Å². The maximum absolute atomic E-state index is 13.2. The van der Waals surface area contributed by atoms with Crippen molar-refractivity contribution in [2.45, 2.75) is 6.61 Å². The van der Waals surface area contributed by atoms with Crippen LogP contribution in [0, 0.1) is 5.82 Å². The summed E-state index contributed by atoms with van der Waals surface area (Å²) in [6, 6.07) is 11.6. The number of halogens is 2. The zero-order valence-corrected chi connectivity index (χ0v) is 12.5. The van der Waals surface area contributed by atoms with Gasteiger partial charge < -0.3 is 9.84 Å². The lowest BCUT2D eigenvalue weighted by Gasteiger charge is -2.09. The molecule has 3 nitrogen and oxygen atoms in total. The van der Waals surface area contributed by atoms with E-state index >= 15 is 0 Å². The third-order valence-corrected chi connectivity index (χ3v) is 3.21. The molecule has 0 heterocycles. The molecule has 108 valence electrons. The molecule has 0 aliphatic carbocycles. The number of benzene rings is 2. The van der Waals surface area contributed by atoms with Crippen LogP contribution in [0.4, 0.5) is 4.39 Å². The lowest BCUT2D eigenvalue weighted by Crippen LogP contribution is -1.97. The first-order chi connectivity index (χ1) is 10.0. The number of carboxylic acid groups (broad SMARTS) is 1. The van der Waals surface area contributed by atoms with Gasteiger partial charge in [0.25, 0.3) is 0 Å². The highest BCUT2D eigenvalue weighted by Gasteiger charge is 2.04. The summed E-state index contributed by atoms with van der Waals surface area (Å²) in [5.41, 5.74) is 1.34. The van der Waals surface area contributed by atoms with Crippen LogP contribution in [-0.2, 0) is 11.4 Å². The number of aliphatic carboxylic acids is 1. The highest BCUT2D eigenvalue weighted by atomic mass is 79.9. The second-order valence-electron chi connectivity index (χ2n) is 4.27. The Bertz CT molecular complexity index is 666. The van der Waals surface area contributed by atoms with Gasteiger partial charge >= 0.3 is 5.97 Å². The second-order valence-corrected chi connectivity index (χ2v) is 5.18. The van der Waals surface area contributed by atoms with Gasteiger partial charge in [-0.25, -0.2) is 9.18 Å². The zero-order valence-electron chi connectivity index (χ0n) is 10.9. The number of ether oxygens (including phenoxy) is 1. The van der Waals surface area contributed by atoms with Crippen molar-refractivity contribution >= 4 is 28.0 Å². The summed E-state index contributed by atoms with van der Waals surface area (Å²) in [7, 11) is 0. The SMILES string of the molecule is O=C(O)/C=C/c1cc(F)ccc1OCc1ccc(Br)cc1. The fourth-order valence-corrected chi connectivity index (χ4v) is 1.95. The maximum Gasteiger partial charge on any atom is 0.328 e. The number of carbonyl (C=O) groups is 1. The van der Waals surface area contributed by atoms with E-state index in [0.29, 0.717) is 17.9 Å². The van der Waals surface area contributed by atoms with Crippen molar-refractivity contribution in [2.24, 2.45) is 0 Å². The van der Waals surface area contributed by atoms with E-state index in [-0.39, 0.29) is 0 Å². The molecule has 0 saturated heterocycles. The van der Waals surface area contributed by atoms with Crippen molar-refractivity contribution in [3.63, 3.8) is 0 Å². The number of hydrogen-bond donors (Lipinski definition) is 1. The lowest BCUT2D eigenvalue weighted by molar-refractivity contribution is -0.131. The van der Waals surface area contributed by atoms with Crippen molar-refractivity contribution in [1.29, 1.82) is 0 Å². The van der Waals surface area contributed by atoms with E-state index in [1.54, 1.807) is 0 Å². The molecule has 0 radical (unpaired) electrons. The maximum atomic E-state index is 13.2. The fraction of sp³-hybridized carbons (Fsp3) is 0.0625. The highest BCUT2D eigenvalue weighted by molar-refractivity contribution is 9.10. The Balaban J connectivity index is 2.15. The molecule has 0 spiro atoms. The monoisotopic (exact) mass is 350 g/mol. The first-order valence-corrected chi connectivity index (χ1v) is 6.92. The number of rotatable bonds is 5. The van der Waals surface area contributed by atoms with Crippen LogP contribution in [0.1, 0.15) is 11.1 Å². The third-order valence-electron chi connectivity index (χ3n) is 2.68. The van der Waals surface area contributed by atoms with E-state index < -0.39 is 11.8 Å². The summed E-state index contributed by atoms with van der Waals surface area (Å²) >= 11 is 3.35. The molecular formula is C16H12BrFO3. The summed E-state index contributed by atoms with van der Waals surface area (Å²) < 4.78 is 19.8. The Morgan fingerprint density at radius 2 is 1.95 bits per heavy atom. The van der Waals surface area contributed by atoms with Crippen LogP contribution in [0.5, 0.6) is 5.75 Å². The molecule has 2 aromatic carbocycles. The Hall–Kier alpha value is -2.14. The molecule has 0 unspecified atom stereocenters. The van der Waals surface area contributed by atoms with E-state index in [2.05, 4.69) is 15.9 Å². The molecule has 0 aromatic heterocycles. The summed E-state index contributed by atoms with van der Waals surface area (Å²) in [5, 5.41) is 8.64. The molecule has 0 amide bonds. The molecule has 0 atom stereocenters. The Morgan fingerprint density at radius 1 is 1.24 bits per heavy atom. The average Bonchev–Trinajstić information content (AvgIpc) is 2.45. The third kappa shape index (κ3) is 4.72. The lowest BCUT2D eigenvalue weighted by atomic mass is 10.1. The molecule has 21 heavy (non-hydrogen) atoms. The Kier molecular flexibility index (Phi) is 5.11. The molecular weight excluding hydrogens is 339 g/mol. The molecule has 2 rings (SSSR count). The zero-order chi connectivity index (χ0) is 15.2. The van der Waals surface area contributed by atoms with Gasteiger partial charge in [-0.15, -0.1) is 0 Å². The van der Waals surface area contributed by atoms with Crippen molar-refractivity contribution in [1.82, 2.24) is 0 Å². The van der Waals surface area contributed by atoms with Gasteiger partial charge in [-0.1, -0.05) is 28.1 Å². The summed E-state index contributed by atoms with van der Waals surface area (Å²) in [5.74, 6) is -1.12. The van der Waals surface area contributed by atoms with Crippen molar-refractivity contribution in [3.05, 3.63) is 70.0 Å². The van der Waals surface area contributed by atoms with Gasteiger partial charge in [0.05, 0.1) is 0 Å². The molecule has 0 bridgehead atoms. The van der Waals surface area contributed by atoms with Crippen LogP contribution < -0.4 is 4.74 Å². The summed E-state index contributed by atoms with van der Waals surface area (Å²) in [4.78, 5) is 10.6. The molecule has 0 fully saturated rings. The summed E-state index contributed by atoms with van der Waals surface area (Å²) in [6.07, 6.45) is 2.25. The normalized spacial score (nSPS) is 10.8. The fourth-order valence-electron chi connectivity index (χ4n) is 1.68.